The van der Waals surface area contributed by atoms with Crippen LogP contribution in [0.3, 0.4) is 0 Å². The molecule has 2 rings (SSSR count). The van der Waals surface area contributed by atoms with Crippen LogP contribution in [-0.4, -0.2) is 23.5 Å². The first-order chi connectivity index (χ1) is 10.6. The summed E-state index contributed by atoms with van der Waals surface area (Å²) in [6.07, 6.45) is 1.52. The van der Waals surface area contributed by atoms with Gasteiger partial charge >= 0.3 is 5.97 Å². The van der Waals surface area contributed by atoms with E-state index in [1.165, 1.54) is 4.88 Å². The van der Waals surface area contributed by atoms with Crippen molar-refractivity contribution < 1.29 is 14.7 Å². The molecule has 0 saturated carbocycles. The molecular weight excluding hydrogens is 366 g/mol. The molecule has 0 unspecified atom stereocenters. The van der Waals surface area contributed by atoms with E-state index in [9.17, 15) is 9.59 Å². The number of carbonyl (C=O) groups is 2. The van der Waals surface area contributed by atoms with Crippen molar-refractivity contribution in [1.82, 2.24) is 5.32 Å². The van der Waals surface area contributed by atoms with Crippen molar-refractivity contribution in [3.63, 3.8) is 0 Å². The second-order valence-corrected chi connectivity index (χ2v) is 7.32. The summed E-state index contributed by atoms with van der Waals surface area (Å²) in [5.74, 6) is -1.02. The summed E-state index contributed by atoms with van der Waals surface area (Å²) in [7, 11) is 0. The second-order valence-electron chi connectivity index (χ2n) is 4.77. The molecule has 2 N–H and O–H groups in total. The normalized spacial score (nSPS) is 10.4. The van der Waals surface area contributed by atoms with Crippen molar-refractivity contribution in [2.75, 3.05) is 6.54 Å². The van der Waals surface area contributed by atoms with E-state index in [1.807, 2.05) is 12.1 Å². The molecule has 0 aliphatic rings. The summed E-state index contributed by atoms with van der Waals surface area (Å²) in [5.41, 5.74) is 0.950. The van der Waals surface area contributed by atoms with Crippen LogP contribution in [0.25, 0.3) is 0 Å². The molecule has 22 heavy (non-hydrogen) atoms. The number of halogens is 1. The molecule has 0 aliphatic heterocycles. The zero-order valence-corrected chi connectivity index (χ0v) is 14.2. The fourth-order valence-corrected chi connectivity index (χ4v) is 3.58. The lowest BCUT2D eigenvalue weighted by Crippen LogP contribution is -2.25. The highest BCUT2D eigenvalue weighted by Gasteiger charge is 2.10. The number of carbonyl (C=O) groups excluding carboxylic acids is 1. The third-order valence-electron chi connectivity index (χ3n) is 3.19. The van der Waals surface area contributed by atoms with Crippen LogP contribution in [0.1, 0.15) is 27.2 Å². The largest absolute Gasteiger partial charge is 0.478 e. The van der Waals surface area contributed by atoms with Crippen LogP contribution in [0, 0.1) is 0 Å². The quantitative estimate of drug-likeness (QED) is 0.770. The Labute approximate surface area is 141 Å². The molecule has 0 spiro atoms. The van der Waals surface area contributed by atoms with Gasteiger partial charge in [0.15, 0.2) is 0 Å². The van der Waals surface area contributed by atoms with Crippen LogP contribution < -0.4 is 5.32 Å². The highest BCUT2D eigenvalue weighted by Crippen LogP contribution is 2.22. The van der Waals surface area contributed by atoms with Crippen LogP contribution in [0.4, 0.5) is 0 Å². The fourth-order valence-electron chi connectivity index (χ4n) is 2.09. The molecule has 1 aromatic carbocycles. The summed E-state index contributed by atoms with van der Waals surface area (Å²) in [6.45, 7) is 0.590. The van der Waals surface area contributed by atoms with Crippen LogP contribution in [-0.2, 0) is 17.6 Å². The predicted octanol–water partition coefficient (Wildman–Crippen LogP) is 3.50. The third kappa shape index (κ3) is 4.96. The van der Waals surface area contributed by atoms with Crippen LogP contribution in [0.2, 0.25) is 0 Å². The highest BCUT2D eigenvalue weighted by atomic mass is 79.9. The van der Waals surface area contributed by atoms with E-state index >= 15 is 0 Å². The second kappa shape index (κ2) is 8.10. The first-order valence-electron chi connectivity index (χ1n) is 6.88. The molecule has 116 valence electrons. The lowest BCUT2D eigenvalue weighted by Gasteiger charge is -2.07. The Morgan fingerprint density at radius 2 is 1.91 bits per heavy atom. The van der Waals surface area contributed by atoms with Gasteiger partial charge in [-0.1, -0.05) is 18.2 Å². The molecule has 1 amide bonds. The van der Waals surface area contributed by atoms with Gasteiger partial charge in [-0.2, -0.15) is 0 Å². The number of hydrogen-bond donors (Lipinski definition) is 2. The summed E-state index contributed by atoms with van der Waals surface area (Å²) in [4.78, 5) is 24.1. The van der Waals surface area contributed by atoms with E-state index in [4.69, 9.17) is 5.11 Å². The number of carboxylic acids is 1. The number of nitrogens with one attached hydrogen (secondary N) is 1. The van der Waals surface area contributed by atoms with E-state index in [1.54, 1.807) is 35.6 Å². The highest BCUT2D eigenvalue weighted by molar-refractivity contribution is 9.11. The Balaban J connectivity index is 1.77. The average molecular weight is 382 g/mol. The van der Waals surface area contributed by atoms with E-state index in [-0.39, 0.29) is 11.5 Å². The molecule has 0 saturated heterocycles. The number of thiophene rings is 1. The standard InChI is InChI=1S/C16H16BrNO3S/c17-14-7-6-12(22-14)9-10-18-15(19)8-5-11-3-1-2-4-13(11)16(20)21/h1-4,6-7H,5,8-10H2,(H,18,19)(H,20,21). The molecule has 0 fully saturated rings. The molecule has 0 aliphatic carbocycles. The molecule has 0 radical (unpaired) electrons. The first-order valence-corrected chi connectivity index (χ1v) is 8.49. The topological polar surface area (TPSA) is 66.4 Å². The van der Waals surface area contributed by atoms with Crippen molar-refractivity contribution >= 4 is 39.1 Å². The number of aryl methyl sites for hydroxylation is 1. The number of benzene rings is 1. The predicted molar refractivity (Wildman–Crippen MR) is 90.5 cm³/mol. The summed E-state index contributed by atoms with van der Waals surface area (Å²) in [5, 5.41) is 12.0. The van der Waals surface area contributed by atoms with Crippen molar-refractivity contribution in [2.24, 2.45) is 0 Å². The van der Waals surface area contributed by atoms with Crippen molar-refractivity contribution in [2.45, 2.75) is 19.3 Å². The number of carboxylic acid groups (broad SMARTS) is 1. The maximum absolute atomic E-state index is 11.8. The maximum atomic E-state index is 11.8. The van der Waals surface area contributed by atoms with Gasteiger partial charge in [-0.05, 0) is 52.5 Å². The zero-order chi connectivity index (χ0) is 15.9. The maximum Gasteiger partial charge on any atom is 0.335 e. The van der Waals surface area contributed by atoms with Crippen LogP contribution in [0.5, 0.6) is 0 Å². The zero-order valence-electron chi connectivity index (χ0n) is 11.8. The fraction of sp³-hybridized carbons (Fsp3) is 0.250. The number of rotatable bonds is 7. The number of aromatic carboxylic acids is 1. The van der Waals surface area contributed by atoms with Gasteiger partial charge in [-0.25, -0.2) is 4.79 Å². The van der Waals surface area contributed by atoms with E-state index in [0.29, 0.717) is 24.9 Å². The number of amides is 1. The molecular formula is C16H16BrNO3S. The smallest absolute Gasteiger partial charge is 0.335 e. The van der Waals surface area contributed by atoms with Crippen molar-refractivity contribution in [1.29, 1.82) is 0 Å². The monoisotopic (exact) mass is 381 g/mol. The van der Waals surface area contributed by atoms with Gasteiger partial charge in [0.25, 0.3) is 0 Å². The van der Waals surface area contributed by atoms with E-state index in [0.717, 1.165) is 10.2 Å². The average Bonchev–Trinajstić information content (AvgIpc) is 2.91. The molecule has 6 heteroatoms. The van der Waals surface area contributed by atoms with Gasteiger partial charge in [0.05, 0.1) is 9.35 Å². The molecule has 0 bridgehead atoms. The Morgan fingerprint density at radius 3 is 2.59 bits per heavy atom. The Morgan fingerprint density at radius 1 is 1.14 bits per heavy atom. The Hall–Kier alpha value is -1.66. The summed E-state index contributed by atoms with van der Waals surface area (Å²) in [6, 6.07) is 10.8. The third-order valence-corrected chi connectivity index (χ3v) is 4.88. The lowest BCUT2D eigenvalue weighted by molar-refractivity contribution is -0.121. The van der Waals surface area contributed by atoms with Gasteiger partial charge < -0.3 is 10.4 Å². The van der Waals surface area contributed by atoms with Gasteiger partial charge in [0.2, 0.25) is 5.91 Å². The lowest BCUT2D eigenvalue weighted by atomic mass is 10.0. The summed E-state index contributed by atoms with van der Waals surface area (Å²) >= 11 is 5.06. The van der Waals surface area contributed by atoms with Gasteiger partial charge in [0, 0.05) is 17.8 Å². The van der Waals surface area contributed by atoms with E-state index in [2.05, 4.69) is 21.2 Å². The van der Waals surface area contributed by atoms with Crippen molar-refractivity contribution in [3.8, 4) is 0 Å². The SMILES string of the molecule is O=C(CCc1ccccc1C(=O)O)NCCc1ccc(Br)s1. The van der Waals surface area contributed by atoms with Gasteiger partial charge in [-0.15, -0.1) is 11.3 Å². The minimum absolute atomic E-state index is 0.0594. The Kier molecular flexibility index (Phi) is 6.15. The van der Waals surface area contributed by atoms with Crippen LogP contribution in [0.15, 0.2) is 40.2 Å². The summed E-state index contributed by atoms with van der Waals surface area (Å²) < 4.78 is 1.08. The molecule has 1 aromatic heterocycles. The molecule has 1 heterocycles. The van der Waals surface area contributed by atoms with Crippen LogP contribution >= 0.6 is 27.3 Å². The molecule has 4 nitrogen and oxygen atoms in total. The van der Waals surface area contributed by atoms with E-state index < -0.39 is 5.97 Å². The van der Waals surface area contributed by atoms with Gasteiger partial charge in [0.1, 0.15) is 0 Å². The molecule has 2 aromatic rings. The minimum atomic E-state index is -0.959. The van der Waals surface area contributed by atoms with Crippen molar-refractivity contribution in [3.05, 3.63) is 56.2 Å². The Bertz CT molecular complexity index is 669. The molecule has 0 atom stereocenters. The number of hydrogen-bond acceptors (Lipinski definition) is 3. The minimum Gasteiger partial charge on any atom is -0.478 e. The van der Waals surface area contributed by atoms with Gasteiger partial charge in [-0.3, -0.25) is 4.79 Å². The first kappa shape index (κ1) is 16.7.